The maximum Gasteiger partial charge on any atom is 0.363 e. The van der Waals surface area contributed by atoms with Gasteiger partial charge >= 0.3 is 11.7 Å². The van der Waals surface area contributed by atoms with Gasteiger partial charge in [-0.1, -0.05) is 0 Å². The molecule has 1 saturated heterocycles. The number of piperidine rings is 1. The van der Waals surface area contributed by atoms with Crippen molar-refractivity contribution in [2.75, 3.05) is 24.6 Å². The number of rotatable bonds is 3. The Morgan fingerprint density at radius 1 is 1.56 bits per heavy atom. The average molecular weight is 252 g/mol. The highest BCUT2D eigenvalue weighted by Crippen LogP contribution is 2.21. The minimum atomic E-state index is -0.458. The molecule has 1 aliphatic heterocycles. The van der Waals surface area contributed by atoms with Crippen LogP contribution in [0.5, 0.6) is 0 Å². The van der Waals surface area contributed by atoms with Crippen molar-refractivity contribution in [3.05, 3.63) is 16.7 Å². The molecule has 18 heavy (non-hydrogen) atoms. The summed E-state index contributed by atoms with van der Waals surface area (Å²) in [7, 11) is 0. The molecule has 0 aliphatic carbocycles. The number of carbonyl (C=O) groups is 1. The fraction of sp³-hybridized carbons (Fsp3) is 0.636. The van der Waals surface area contributed by atoms with Crippen molar-refractivity contribution in [3.8, 4) is 0 Å². The third-order valence-corrected chi connectivity index (χ3v) is 3.00. The lowest BCUT2D eigenvalue weighted by atomic mass is 9.97. The van der Waals surface area contributed by atoms with Gasteiger partial charge in [0.2, 0.25) is 0 Å². The van der Waals surface area contributed by atoms with E-state index in [0.29, 0.717) is 38.4 Å². The first-order chi connectivity index (χ1) is 8.70. The van der Waals surface area contributed by atoms with Crippen LogP contribution in [0.3, 0.4) is 0 Å². The lowest BCUT2D eigenvalue weighted by molar-refractivity contribution is -0.148. The zero-order valence-electron chi connectivity index (χ0n) is 10.3. The first-order valence-corrected chi connectivity index (χ1v) is 6.04. The highest BCUT2D eigenvalue weighted by atomic mass is 16.5. The number of hydrogen-bond acceptors (Lipinski definition) is 6. The molecule has 1 N–H and O–H groups in total. The van der Waals surface area contributed by atoms with Crippen LogP contribution in [0.1, 0.15) is 19.8 Å². The van der Waals surface area contributed by atoms with Crippen molar-refractivity contribution in [2.24, 2.45) is 5.92 Å². The van der Waals surface area contributed by atoms with E-state index in [-0.39, 0.29) is 11.9 Å². The van der Waals surface area contributed by atoms with Crippen LogP contribution >= 0.6 is 0 Å². The Hall–Kier alpha value is -1.92. The van der Waals surface area contributed by atoms with Gasteiger partial charge in [-0.15, -0.1) is 0 Å². The molecule has 7 nitrogen and oxygen atoms in total. The molecule has 0 aromatic carbocycles. The van der Waals surface area contributed by atoms with Crippen LogP contribution in [0.4, 0.5) is 5.82 Å². The van der Waals surface area contributed by atoms with Crippen molar-refractivity contribution >= 4 is 11.8 Å². The Bertz CT molecular complexity index is 465. The molecule has 2 heterocycles. The monoisotopic (exact) mass is 252 g/mol. The van der Waals surface area contributed by atoms with Gasteiger partial charge in [0, 0.05) is 13.1 Å². The van der Waals surface area contributed by atoms with Gasteiger partial charge in [0.1, 0.15) is 0 Å². The lowest BCUT2D eigenvalue weighted by Gasteiger charge is -2.31. The second kappa shape index (κ2) is 5.61. The Kier molecular flexibility index (Phi) is 3.91. The second-order valence-electron chi connectivity index (χ2n) is 4.16. The molecule has 2 rings (SSSR count). The molecular weight excluding hydrogens is 236 g/mol. The summed E-state index contributed by atoms with van der Waals surface area (Å²) in [6, 6.07) is 0. The number of nitrogens with zero attached hydrogens (tertiary/aromatic N) is 3. The molecular formula is C11H16N4O3. The Balaban J connectivity index is 1.94. The summed E-state index contributed by atoms with van der Waals surface area (Å²) < 4.78 is 5.00. The molecule has 0 saturated carbocycles. The van der Waals surface area contributed by atoms with E-state index < -0.39 is 5.69 Å². The fourth-order valence-electron chi connectivity index (χ4n) is 2.06. The molecule has 1 aromatic rings. The predicted octanol–water partition coefficient (Wildman–Crippen LogP) is -0.0556. The first-order valence-electron chi connectivity index (χ1n) is 6.04. The third-order valence-electron chi connectivity index (χ3n) is 3.00. The van der Waals surface area contributed by atoms with Crippen molar-refractivity contribution in [1.82, 2.24) is 15.2 Å². The van der Waals surface area contributed by atoms with Gasteiger partial charge in [0.15, 0.2) is 5.82 Å². The van der Waals surface area contributed by atoms with E-state index in [4.69, 9.17) is 4.74 Å². The van der Waals surface area contributed by atoms with Gasteiger partial charge in [-0.3, -0.25) is 4.79 Å². The van der Waals surface area contributed by atoms with Gasteiger partial charge in [0.25, 0.3) is 0 Å². The minimum absolute atomic E-state index is 0.0452. The van der Waals surface area contributed by atoms with Crippen molar-refractivity contribution < 1.29 is 9.53 Å². The van der Waals surface area contributed by atoms with Crippen LogP contribution in [-0.4, -0.2) is 40.8 Å². The number of carbonyl (C=O) groups excluding carboxylic acids is 1. The Morgan fingerprint density at radius 3 is 2.89 bits per heavy atom. The predicted molar refractivity (Wildman–Crippen MR) is 64.2 cm³/mol. The normalized spacial score (nSPS) is 16.6. The van der Waals surface area contributed by atoms with Gasteiger partial charge in [-0.05, 0) is 19.8 Å². The molecule has 0 amide bonds. The summed E-state index contributed by atoms with van der Waals surface area (Å²) in [6.45, 7) is 3.58. The van der Waals surface area contributed by atoms with Crippen molar-refractivity contribution in [2.45, 2.75) is 19.8 Å². The van der Waals surface area contributed by atoms with Crippen LogP contribution < -0.4 is 10.6 Å². The summed E-state index contributed by atoms with van der Waals surface area (Å²) in [5.41, 5.74) is -0.458. The van der Waals surface area contributed by atoms with Crippen molar-refractivity contribution in [1.29, 1.82) is 0 Å². The highest BCUT2D eigenvalue weighted by molar-refractivity contribution is 5.72. The van der Waals surface area contributed by atoms with Gasteiger partial charge < -0.3 is 9.64 Å². The van der Waals surface area contributed by atoms with Gasteiger partial charge in [-0.25, -0.2) is 9.89 Å². The number of anilines is 1. The van der Waals surface area contributed by atoms with Gasteiger partial charge in [-0.2, -0.15) is 10.1 Å². The topological polar surface area (TPSA) is 88.2 Å². The molecule has 1 fully saturated rings. The molecule has 0 radical (unpaired) electrons. The number of H-pyrrole nitrogens is 1. The number of aromatic amines is 1. The number of ether oxygens (including phenoxy) is 1. The molecule has 1 aliphatic rings. The maximum atomic E-state index is 11.6. The number of esters is 1. The number of nitrogens with one attached hydrogen (secondary N) is 1. The zero-order valence-corrected chi connectivity index (χ0v) is 10.3. The van der Waals surface area contributed by atoms with Crippen LogP contribution in [0, 0.1) is 5.92 Å². The summed E-state index contributed by atoms with van der Waals surface area (Å²) >= 11 is 0. The highest BCUT2D eigenvalue weighted by Gasteiger charge is 2.26. The number of aromatic nitrogens is 3. The summed E-state index contributed by atoms with van der Waals surface area (Å²) in [6.07, 6.45) is 2.95. The van der Waals surface area contributed by atoms with E-state index in [0.717, 1.165) is 0 Å². The molecule has 1 aromatic heterocycles. The first kappa shape index (κ1) is 12.5. The molecule has 0 bridgehead atoms. The Labute approximate surface area is 104 Å². The molecule has 0 unspecified atom stereocenters. The quantitative estimate of drug-likeness (QED) is 0.758. The third kappa shape index (κ3) is 2.85. The summed E-state index contributed by atoms with van der Waals surface area (Å²) in [5, 5.41) is 5.95. The molecule has 0 atom stereocenters. The van der Waals surface area contributed by atoms with Gasteiger partial charge in [0.05, 0.1) is 18.7 Å². The minimum Gasteiger partial charge on any atom is -0.466 e. The van der Waals surface area contributed by atoms with E-state index in [9.17, 15) is 9.59 Å². The Morgan fingerprint density at radius 2 is 2.28 bits per heavy atom. The average Bonchev–Trinajstić information content (AvgIpc) is 2.39. The van der Waals surface area contributed by atoms with Crippen LogP contribution in [0.15, 0.2) is 11.0 Å². The van der Waals surface area contributed by atoms with E-state index in [2.05, 4.69) is 15.2 Å². The van der Waals surface area contributed by atoms with E-state index in [1.807, 2.05) is 4.90 Å². The molecule has 98 valence electrons. The SMILES string of the molecule is CCOC(=O)C1CCN(c2cn[nH]c(=O)n2)CC1. The fourth-order valence-corrected chi connectivity index (χ4v) is 2.06. The van der Waals surface area contributed by atoms with E-state index in [1.165, 1.54) is 6.20 Å². The van der Waals surface area contributed by atoms with E-state index in [1.54, 1.807) is 6.92 Å². The van der Waals surface area contributed by atoms with Crippen LogP contribution in [0.25, 0.3) is 0 Å². The summed E-state index contributed by atoms with van der Waals surface area (Å²) in [5.74, 6) is 0.381. The standard InChI is InChI=1S/C11H16N4O3/c1-2-18-10(16)8-3-5-15(6-4-8)9-7-12-14-11(17)13-9/h7-8H,2-6H2,1H3,(H,13,14,17). The number of hydrogen-bond donors (Lipinski definition) is 1. The second-order valence-corrected chi connectivity index (χ2v) is 4.16. The molecule has 7 heteroatoms. The largest absolute Gasteiger partial charge is 0.466 e. The zero-order chi connectivity index (χ0) is 13.0. The van der Waals surface area contributed by atoms with Crippen LogP contribution in [-0.2, 0) is 9.53 Å². The lowest BCUT2D eigenvalue weighted by Crippen LogP contribution is -2.38. The van der Waals surface area contributed by atoms with Crippen molar-refractivity contribution in [3.63, 3.8) is 0 Å². The van der Waals surface area contributed by atoms with Crippen LogP contribution in [0.2, 0.25) is 0 Å². The van der Waals surface area contributed by atoms with E-state index >= 15 is 0 Å². The molecule has 0 spiro atoms. The smallest absolute Gasteiger partial charge is 0.363 e. The summed E-state index contributed by atoms with van der Waals surface area (Å²) in [4.78, 5) is 28.4. The maximum absolute atomic E-state index is 11.6.